The van der Waals surface area contributed by atoms with E-state index in [4.69, 9.17) is 16.3 Å². The number of pyridine rings is 1. The average molecular weight is 303 g/mol. The molecule has 0 radical (unpaired) electrons. The van der Waals surface area contributed by atoms with Gasteiger partial charge in [0.1, 0.15) is 10.9 Å². The molecule has 0 fully saturated rings. The zero-order valence-corrected chi connectivity index (χ0v) is 12.3. The smallest absolute Gasteiger partial charge is 0.248 e. The SMILES string of the molecule is CCOc1ccc(/C=C/C(=O)Nc2ccc(Cl)nc2)cc1. The van der Waals surface area contributed by atoms with Crippen molar-refractivity contribution in [1.29, 1.82) is 0 Å². The molecule has 1 amide bonds. The number of amides is 1. The van der Waals surface area contributed by atoms with E-state index >= 15 is 0 Å². The normalized spacial score (nSPS) is 10.6. The van der Waals surface area contributed by atoms with Crippen molar-refractivity contribution in [1.82, 2.24) is 4.98 Å². The quantitative estimate of drug-likeness (QED) is 0.675. The van der Waals surface area contributed by atoms with Gasteiger partial charge in [0, 0.05) is 6.08 Å². The first kappa shape index (κ1) is 15.1. The van der Waals surface area contributed by atoms with Crippen LogP contribution in [0, 0.1) is 0 Å². The topological polar surface area (TPSA) is 51.2 Å². The van der Waals surface area contributed by atoms with E-state index in [-0.39, 0.29) is 5.91 Å². The molecule has 0 aliphatic carbocycles. The van der Waals surface area contributed by atoms with Crippen LogP contribution in [0.4, 0.5) is 5.69 Å². The Kier molecular flexibility index (Phi) is 5.35. The van der Waals surface area contributed by atoms with Gasteiger partial charge < -0.3 is 10.1 Å². The van der Waals surface area contributed by atoms with E-state index in [1.807, 2.05) is 31.2 Å². The van der Waals surface area contributed by atoms with Crippen molar-refractivity contribution < 1.29 is 9.53 Å². The number of nitrogens with one attached hydrogen (secondary N) is 1. The van der Waals surface area contributed by atoms with Gasteiger partial charge in [-0.1, -0.05) is 23.7 Å². The fourth-order valence-electron chi connectivity index (χ4n) is 1.65. The molecular formula is C16H15ClN2O2. The van der Waals surface area contributed by atoms with Crippen molar-refractivity contribution in [2.45, 2.75) is 6.92 Å². The summed E-state index contributed by atoms with van der Waals surface area (Å²) < 4.78 is 5.35. The second-order valence-corrected chi connectivity index (χ2v) is 4.58. The third-order valence-electron chi connectivity index (χ3n) is 2.61. The van der Waals surface area contributed by atoms with Crippen LogP contribution in [-0.4, -0.2) is 17.5 Å². The first-order chi connectivity index (χ1) is 10.2. The van der Waals surface area contributed by atoms with Gasteiger partial charge in [-0.2, -0.15) is 0 Å². The number of rotatable bonds is 5. The molecule has 0 atom stereocenters. The molecule has 4 nitrogen and oxygen atoms in total. The van der Waals surface area contributed by atoms with Crippen molar-refractivity contribution >= 4 is 29.3 Å². The van der Waals surface area contributed by atoms with Crippen LogP contribution in [0.2, 0.25) is 5.15 Å². The molecule has 1 aromatic heterocycles. The number of carbonyl (C=O) groups excluding carboxylic acids is 1. The molecule has 0 unspecified atom stereocenters. The molecule has 108 valence electrons. The van der Waals surface area contributed by atoms with Crippen LogP contribution in [0.5, 0.6) is 5.75 Å². The summed E-state index contributed by atoms with van der Waals surface area (Å²) in [5, 5.41) is 3.09. The van der Waals surface area contributed by atoms with Crippen LogP contribution in [0.15, 0.2) is 48.7 Å². The molecule has 5 heteroatoms. The van der Waals surface area contributed by atoms with Crippen LogP contribution in [0.25, 0.3) is 6.08 Å². The maximum absolute atomic E-state index is 11.8. The molecular weight excluding hydrogens is 288 g/mol. The highest BCUT2D eigenvalue weighted by molar-refractivity contribution is 6.29. The second kappa shape index (κ2) is 7.45. The fraction of sp³-hybridized carbons (Fsp3) is 0.125. The Morgan fingerprint density at radius 1 is 1.29 bits per heavy atom. The minimum Gasteiger partial charge on any atom is -0.494 e. The predicted octanol–water partition coefficient (Wildman–Crippen LogP) is 3.79. The first-order valence-corrected chi connectivity index (χ1v) is 6.88. The van der Waals surface area contributed by atoms with Crippen LogP contribution in [-0.2, 0) is 4.79 Å². The summed E-state index contributed by atoms with van der Waals surface area (Å²) in [6.45, 7) is 2.57. The Balaban J connectivity index is 1.93. The summed E-state index contributed by atoms with van der Waals surface area (Å²) in [6.07, 6.45) is 4.70. The summed E-state index contributed by atoms with van der Waals surface area (Å²) in [5.74, 6) is 0.583. The standard InChI is InChI=1S/C16H15ClN2O2/c1-2-21-14-7-3-12(4-8-14)5-10-16(20)19-13-6-9-15(17)18-11-13/h3-11H,2H2,1H3,(H,19,20)/b10-5+. The lowest BCUT2D eigenvalue weighted by Crippen LogP contribution is -2.07. The zero-order chi connectivity index (χ0) is 15.1. The minimum absolute atomic E-state index is 0.229. The van der Waals surface area contributed by atoms with E-state index in [9.17, 15) is 4.79 Å². The Bertz CT molecular complexity index is 622. The highest BCUT2D eigenvalue weighted by Gasteiger charge is 1.98. The highest BCUT2D eigenvalue weighted by Crippen LogP contribution is 2.13. The van der Waals surface area contributed by atoms with Gasteiger partial charge in [-0.3, -0.25) is 4.79 Å². The summed E-state index contributed by atoms with van der Waals surface area (Å²) in [4.78, 5) is 15.6. The van der Waals surface area contributed by atoms with Crippen molar-refractivity contribution in [2.75, 3.05) is 11.9 Å². The van der Waals surface area contributed by atoms with E-state index in [0.29, 0.717) is 17.4 Å². The van der Waals surface area contributed by atoms with Gasteiger partial charge in [-0.15, -0.1) is 0 Å². The molecule has 2 rings (SSSR count). The zero-order valence-electron chi connectivity index (χ0n) is 11.5. The number of aromatic nitrogens is 1. The van der Waals surface area contributed by atoms with Gasteiger partial charge in [0.2, 0.25) is 5.91 Å². The van der Waals surface area contributed by atoms with Crippen molar-refractivity contribution in [3.8, 4) is 5.75 Å². The predicted molar refractivity (Wildman–Crippen MR) is 84.5 cm³/mol. The Morgan fingerprint density at radius 2 is 2.05 bits per heavy atom. The number of hydrogen-bond acceptors (Lipinski definition) is 3. The maximum atomic E-state index is 11.8. The summed E-state index contributed by atoms with van der Waals surface area (Å²) in [6, 6.07) is 10.8. The summed E-state index contributed by atoms with van der Waals surface area (Å²) >= 11 is 5.68. The fourth-order valence-corrected chi connectivity index (χ4v) is 1.76. The number of anilines is 1. The average Bonchev–Trinajstić information content (AvgIpc) is 2.49. The molecule has 0 aliphatic rings. The van der Waals surface area contributed by atoms with E-state index in [0.717, 1.165) is 11.3 Å². The number of ether oxygens (including phenoxy) is 1. The maximum Gasteiger partial charge on any atom is 0.248 e. The van der Waals surface area contributed by atoms with Crippen LogP contribution in [0.1, 0.15) is 12.5 Å². The monoisotopic (exact) mass is 302 g/mol. The lowest BCUT2D eigenvalue weighted by molar-refractivity contribution is -0.111. The lowest BCUT2D eigenvalue weighted by atomic mass is 10.2. The Labute approximate surface area is 128 Å². The van der Waals surface area contributed by atoms with Gasteiger partial charge in [-0.05, 0) is 42.8 Å². The molecule has 1 heterocycles. The molecule has 2 aromatic rings. The molecule has 21 heavy (non-hydrogen) atoms. The Hall–Kier alpha value is -2.33. The molecule has 0 saturated heterocycles. The number of hydrogen-bond donors (Lipinski definition) is 1. The third kappa shape index (κ3) is 4.93. The van der Waals surface area contributed by atoms with Crippen LogP contribution in [0.3, 0.4) is 0 Å². The van der Waals surface area contributed by atoms with E-state index < -0.39 is 0 Å². The van der Waals surface area contributed by atoms with Gasteiger partial charge in [0.05, 0.1) is 18.5 Å². The largest absolute Gasteiger partial charge is 0.494 e. The number of nitrogens with zero attached hydrogens (tertiary/aromatic N) is 1. The third-order valence-corrected chi connectivity index (χ3v) is 2.84. The van der Waals surface area contributed by atoms with Gasteiger partial charge in [0.25, 0.3) is 0 Å². The summed E-state index contributed by atoms with van der Waals surface area (Å²) in [7, 11) is 0. The van der Waals surface area contributed by atoms with Crippen molar-refractivity contribution in [2.24, 2.45) is 0 Å². The lowest BCUT2D eigenvalue weighted by Gasteiger charge is -2.03. The molecule has 0 spiro atoms. The molecule has 0 aliphatic heterocycles. The second-order valence-electron chi connectivity index (χ2n) is 4.19. The van der Waals surface area contributed by atoms with Crippen LogP contribution < -0.4 is 10.1 Å². The van der Waals surface area contributed by atoms with Gasteiger partial charge in [-0.25, -0.2) is 4.98 Å². The highest BCUT2D eigenvalue weighted by atomic mass is 35.5. The van der Waals surface area contributed by atoms with E-state index in [1.165, 1.54) is 12.3 Å². The molecule has 1 N–H and O–H groups in total. The first-order valence-electron chi connectivity index (χ1n) is 6.51. The number of benzene rings is 1. The molecule has 0 bridgehead atoms. The molecule has 1 aromatic carbocycles. The Morgan fingerprint density at radius 3 is 2.67 bits per heavy atom. The summed E-state index contributed by atoms with van der Waals surface area (Å²) in [5.41, 5.74) is 1.52. The molecule has 0 saturated carbocycles. The number of halogens is 1. The van der Waals surface area contributed by atoms with Crippen LogP contribution >= 0.6 is 11.6 Å². The van der Waals surface area contributed by atoms with Crippen molar-refractivity contribution in [3.05, 3.63) is 59.4 Å². The van der Waals surface area contributed by atoms with Gasteiger partial charge >= 0.3 is 0 Å². The van der Waals surface area contributed by atoms with Gasteiger partial charge in [0.15, 0.2) is 0 Å². The van der Waals surface area contributed by atoms with E-state index in [2.05, 4.69) is 10.3 Å². The van der Waals surface area contributed by atoms with E-state index in [1.54, 1.807) is 18.2 Å². The van der Waals surface area contributed by atoms with Crippen molar-refractivity contribution in [3.63, 3.8) is 0 Å². The number of carbonyl (C=O) groups is 1. The minimum atomic E-state index is -0.229.